The minimum Gasteiger partial charge on any atom is -0.380 e. The van der Waals surface area contributed by atoms with Crippen LogP contribution in [-0.4, -0.2) is 19.8 Å². The summed E-state index contributed by atoms with van der Waals surface area (Å²) in [6, 6.07) is 4.77. The summed E-state index contributed by atoms with van der Waals surface area (Å²) in [5.41, 5.74) is 0.747. The van der Waals surface area contributed by atoms with Crippen molar-refractivity contribution in [1.82, 2.24) is 5.32 Å². The third kappa shape index (κ3) is 3.44. The lowest BCUT2D eigenvalue weighted by molar-refractivity contribution is 0.123. The average Bonchev–Trinajstić information content (AvgIpc) is 2.28. The van der Waals surface area contributed by atoms with Gasteiger partial charge in [0.05, 0.1) is 17.7 Å². The van der Waals surface area contributed by atoms with Crippen molar-refractivity contribution in [1.29, 1.82) is 0 Å². The molecule has 0 aliphatic rings. The van der Waals surface area contributed by atoms with E-state index in [9.17, 15) is 4.39 Å². The average molecular weight is 246 g/mol. The maximum atomic E-state index is 13.3. The summed E-state index contributed by atoms with van der Waals surface area (Å²) in [6.45, 7) is 5.83. The molecule has 0 heterocycles. The van der Waals surface area contributed by atoms with Gasteiger partial charge in [0.2, 0.25) is 0 Å². The van der Waals surface area contributed by atoms with Crippen molar-refractivity contribution in [3.8, 4) is 0 Å². The van der Waals surface area contributed by atoms with E-state index in [2.05, 4.69) is 5.32 Å². The van der Waals surface area contributed by atoms with Crippen molar-refractivity contribution in [3.05, 3.63) is 34.6 Å². The van der Waals surface area contributed by atoms with E-state index < -0.39 is 5.82 Å². The van der Waals surface area contributed by atoms with Gasteiger partial charge in [0, 0.05) is 6.61 Å². The molecule has 0 saturated heterocycles. The van der Waals surface area contributed by atoms with Gasteiger partial charge in [-0.3, -0.25) is 0 Å². The monoisotopic (exact) mass is 245 g/mol. The highest BCUT2D eigenvalue weighted by atomic mass is 35.5. The SMILES string of the molecule is CCNC(COCC)c1cccc(F)c1Cl. The number of hydrogen-bond acceptors (Lipinski definition) is 2. The van der Waals surface area contributed by atoms with Crippen molar-refractivity contribution in [2.75, 3.05) is 19.8 Å². The van der Waals surface area contributed by atoms with Gasteiger partial charge in [0.1, 0.15) is 5.82 Å². The smallest absolute Gasteiger partial charge is 0.142 e. The van der Waals surface area contributed by atoms with Crippen LogP contribution >= 0.6 is 11.6 Å². The Balaban J connectivity index is 2.86. The Morgan fingerprint density at radius 2 is 2.19 bits per heavy atom. The van der Waals surface area contributed by atoms with E-state index in [1.807, 2.05) is 19.9 Å². The molecule has 1 unspecified atom stereocenters. The predicted octanol–water partition coefficient (Wildman–Crippen LogP) is 3.17. The summed E-state index contributed by atoms with van der Waals surface area (Å²) >= 11 is 5.93. The normalized spacial score (nSPS) is 12.8. The molecule has 0 aromatic heterocycles. The number of ether oxygens (including phenoxy) is 1. The summed E-state index contributed by atoms with van der Waals surface area (Å²) in [7, 11) is 0. The molecule has 1 rings (SSSR count). The molecule has 0 amide bonds. The molecule has 0 radical (unpaired) electrons. The minimum atomic E-state index is -0.390. The van der Waals surface area contributed by atoms with Gasteiger partial charge >= 0.3 is 0 Å². The zero-order chi connectivity index (χ0) is 12.0. The number of benzene rings is 1. The van der Waals surface area contributed by atoms with E-state index in [1.54, 1.807) is 6.07 Å². The van der Waals surface area contributed by atoms with Crippen LogP contribution in [-0.2, 0) is 4.74 Å². The summed E-state index contributed by atoms with van der Waals surface area (Å²) in [6.07, 6.45) is 0. The first kappa shape index (κ1) is 13.4. The minimum absolute atomic E-state index is 0.0619. The van der Waals surface area contributed by atoms with Crippen LogP contribution in [0.25, 0.3) is 0 Å². The molecule has 1 N–H and O–H groups in total. The second-order valence-electron chi connectivity index (χ2n) is 3.41. The first-order valence-corrected chi connectivity index (χ1v) is 5.83. The summed E-state index contributed by atoms with van der Waals surface area (Å²) in [5, 5.41) is 3.40. The predicted molar refractivity (Wildman–Crippen MR) is 64.3 cm³/mol. The Kier molecular flexibility index (Phi) is 5.74. The van der Waals surface area contributed by atoms with Crippen LogP contribution in [0, 0.1) is 5.82 Å². The van der Waals surface area contributed by atoms with Gasteiger partial charge < -0.3 is 10.1 Å². The van der Waals surface area contributed by atoms with Crippen LogP contribution in [0.4, 0.5) is 4.39 Å². The number of nitrogens with one attached hydrogen (secondary N) is 1. The van der Waals surface area contributed by atoms with Crippen molar-refractivity contribution in [3.63, 3.8) is 0 Å². The van der Waals surface area contributed by atoms with Crippen molar-refractivity contribution >= 4 is 11.6 Å². The van der Waals surface area contributed by atoms with Crippen molar-refractivity contribution in [2.24, 2.45) is 0 Å². The van der Waals surface area contributed by atoms with Crippen LogP contribution in [0.5, 0.6) is 0 Å². The Morgan fingerprint density at radius 3 is 2.81 bits per heavy atom. The molecule has 1 aromatic rings. The van der Waals surface area contributed by atoms with E-state index >= 15 is 0 Å². The molecule has 90 valence electrons. The molecule has 1 aromatic carbocycles. The highest BCUT2D eigenvalue weighted by Gasteiger charge is 2.15. The third-order valence-corrected chi connectivity index (χ3v) is 2.69. The molecule has 16 heavy (non-hydrogen) atoms. The van der Waals surface area contributed by atoms with Crippen molar-refractivity contribution < 1.29 is 9.13 Å². The van der Waals surface area contributed by atoms with Crippen LogP contribution in [0.15, 0.2) is 18.2 Å². The molecule has 4 heteroatoms. The van der Waals surface area contributed by atoms with E-state index in [4.69, 9.17) is 16.3 Å². The van der Waals surface area contributed by atoms with Gasteiger partial charge in [0.15, 0.2) is 0 Å². The topological polar surface area (TPSA) is 21.3 Å². The van der Waals surface area contributed by atoms with E-state index in [-0.39, 0.29) is 11.1 Å². The van der Waals surface area contributed by atoms with Gasteiger partial charge in [-0.2, -0.15) is 0 Å². The first-order chi connectivity index (χ1) is 7.70. The molecule has 0 aliphatic carbocycles. The lowest BCUT2D eigenvalue weighted by Gasteiger charge is -2.19. The van der Waals surface area contributed by atoms with Gasteiger partial charge in [-0.15, -0.1) is 0 Å². The fourth-order valence-electron chi connectivity index (χ4n) is 1.53. The lowest BCUT2D eigenvalue weighted by atomic mass is 10.1. The van der Waals surface area contributed by atoms with Gasteiger partial charge in [-0.1, -0.05) is 30.7 Å². The summed E-state index contributed by atoms with van der Waals surface area (Å²) in [4.78, 5) is 0. The Hall–Kier alpha value is -0.640. The van der Waals surface area contributed by atoms with Crippen LogP contribution in [0.2, 0.25) is 5.02 Å². The second-order valence-corrected chi connectivity index (χ2v) is 3.79. The zero-order valence-electron chi connectivity index (χ0n) is 9.59. The van der Waals surface area contributed by atoms with E-state index in [0.29, 0.717) is 13.2 Å². The van der Waals surface area contributed by atoms with Crippen LogP contribution in [0.1, 0.15) is 25.5 Å². The van der Waals surface area contributed by atoms with E-state index in [0.717, 1.165) is 12.1 Å². The largest absolute Gasteiger partial charge is 0.380 e. The Labute approximate surface area is 101 Å². The van der Waals surface area contributed by atoms with Crippen molar-refractivity contribution in [2.45, 2.75) is 19.9 Å². The lowest BCUT2D eigenvalue weighted by Crippen LogP contribution is -2.25. The Bertz CT molecular complexity index is 333. The highest BCUT2D eigenvalue weighted by Crippen LogP contribution is 2.25. The van der Waals surface area contributed by atoms with Crippen LogP contribution in [0.3, 0.4) is 0 Å². The first-order valence-electron chi connectivity index (χ1n) is 5.45. The molecule has 1 atom stereocenters. The fourth-order valence-corrected chi connectivity index (χ4v) is 1.79. The number of rotatable bonds is 6. The van der Waals surface area contributed by atoms with Gasteiger partial charge in [-0.05, 0) is 25.1 Å². The molecule has 0 fully saturated rings. The Morgan fingerprint density at radius 1 is 1.44 bits per heavy atom. The maximum Gasteiger partial charge on any atom is 0.142 e. The van der Waals surface area contributed by atoms with Gasteiger partial charge in [0.25, 0.3) is 0 Å². The molecule has 0 bridgehead atoms. The van der Waals surface area contributed by atoms with Gasteiger partial charge in [-0.25, -0.2) is 4.39 Å². The molecular formula is C12H17ClFNO. The quantitative estimate of drug-likeness (QED) is 0.831. The van der Waals surface area contributed by atoms with E-state index in [1.165, 1.54) is 6.07 Å². The third-order valence-electron chi connectivity index (χ3n) is 2.30. The van der Waals surface area contributed by atoms with Crippen LogP contribution < -0.4 is 5.32 Å². The fraction of sp³-hybridized carbons (Fsp3) is 0.500. The summed E-state index contributed by atoms with van der Waals surface area (Å²) < 4.78 is 18.7. The molecule has 2 nitrogen and oxygen atoms in total. The number of hydrogen-bond donors (Lipinski definition) is 1. The highest BCUT2D eigenvalue weighted by molar-refractivity contribution is 6.31. The second kappa shape index (κ2) is 6.84. The number of halogens is 2. The zero-order valence-corrected chi connectivity index (χ0v) is 10.4. The summed E-state index contributed by atoms with van der Waals surface area (Å²) in [5.74, 6) is -0.390. The molecule has 0 spiro atoms. The maximum absolute atomic E-state index is 13.3. The molecule has 0 saturated carbocycles. The standard InChI is InChI=1S/C12H17ClFNO/c1-3-15-11(8-16-4-2)9-6-5-7-10(14)12(9)13/h5-7,11,15H,3-4,8H2,1-2H3. The number of likely N-dealkylation sites (N-methyl/N-ethyl adjacent to an activating group) is 1. The molecule has 0 aliphatic heterocycles. The molecular weight excluding hydrogens is 229 g/mol.